The zero-order valence-electron chi connectivity index (χ0n) is 7.25. The third-order valence-electron chi connectivity index (χ3n) is 1.60. The summed E-state index contributed by atoms with van der Waals surface area (Å²) in [6, 6.07) is 1.41. The van der Waals surface area contributed by atoms with E-state index in [9.17, 15) is 22.8 Å². The minimum atomic E-state index is -3.14. The van der Waals surface area contributed by atoms with Crippen LogP contribution in [0, 0.1) is 5.82 Å². The maximum atomic E-state index is 12.9. The summed E-state index contributed by atoms with van der Waals surface area (Å²) in [5, 5.41) is 0. The molecular formula is C9H5F3O3. The average molecular weight is 218 g/mol. The quantitative estimate of drug-likeness (QED) is 0.726. The number of benzene rings is 1. The van der Waals surface area contributed by atoms with Gasteiger partial charge in [0.05, 0.1) is 11.1 Å². The highest BCUT2D eigenvalue weighted by Gasteiger charge is 2.13. The van der Waals surface area contributed by atoms with Crippen LogP contribution in [0.4, 0.5) is 13.2 Å². The van der Waals surface area contributed by atoms with E-state index in [0.717, 1.165) is 6.07 Å². The standard InChI is InChI=1S/C9H5F3O3/c10-7-1-6(4-14)8(15-9(11)12)2-5(7)3-13/h1-4,9H. The van der Waals surface area contributed by atoms with E-state index in [4.69, 9.17) is 0 Å². The number of carbonyl (C=O) groups excluding carboxylic acids is 2. The maximum Gasteiger partial charge on any atom is 0.387 e. The topological polar surface area (TPSA) is 43.4 Å². The van der Waals surface area contributed by atoms with Gasteiger partial charge >= 0.3 is 6.61 Å². The molecule has 0 fully saturated rings. The lowest BCUT2D eigenvalue weighted by Crippen LogP contribution is -2.05. The molecule has 3 nitrogen and oxygen atoms in total. The van der Waals surface area contributed by atoms with Gasteiger partial charge in [-0.05, 0) is 12.1 Å². The van der Waals surface area contributed by atoms with Crippen LogP contribution in [0.25, 0.3) is 0 Å². The zero-order valence-corrected chi connectivity index (χ0v) is 7.25. The molecule has 0 atom stereocenters. The second-order valence-electron chi connectivity index (χ2n) is 2.53. The Balaban J connectivity index is 3.22. The summed E-state index contributed by atoms with van der Waals surface area (Å²) in [6.07, 6.45) is 0.303. The summed E-state index contributed by atoms with van der Waals surface area (Å²) in [5.41, 5.74) is -0.824. The van der Waals surface area contributed by atoms with Gasteiger partial charge in [0.2, 0.25) is 0 Å². The first kappa shape index (κ1) is 11.2. The number of ether oxygens (including phenoxy) is 1. The third-order valence-corrected chi connectivity index (χ3v) is 1.60. The fraction of sp³-hybridized carbons (Fsp3) is 0.111. The van der Waals surface area contributed by atoms with Crippen molar-refractivity contribution in [2.75, 3.05) is 0 Å². The van der Waals surface area contributed by atoms with Crippen LogP contribution in [-0.2, 0) is 0 Å². The fourth-order valence-electron chi connectivity index (χ4n) is 0.965. The van der Waals surface area contributed by atoms with Crippen molar-refractivity contribution in [3.8, 4) is 5.75 Å². The minimum Gasteiger partial charge on any atom is -0.434 e. The molecule has 0 heterocycles. The largest absolute Gasteiger partial charge is 0.434 e. The molecule has 6 heteroatoms. The van der Waals surface area contributed by atoms with Gasteiger partial charge in [-0.3, -0.25) is 9.59 Å². The Kier molecular flexibility index (Phi) is 3.43. The molecule has 0 aliphatic carbocycles. The van der Waals surface area contributed by atoms with Gasteiger partial charge in [-0.2, -0.15) is 8.78 Å². The molecule has 1 aromatic rings. The third kappa shape index (κ3) is 2.55. The van der Waals surface area contributed by atoms with Gasteiger partial charge in [-0.15, -0.1) is 0 Å². The van der Waals surface area contributed by atoms with Crippen LogP contribution in [0.15, 0.2) is 12.1 Å². The van der Waals surface area contributed by atoms with E-state index in [2.05, 4.69) is 4.74 Å². The number of rotatable bonds is 4. The van der Waals surface area contributed by atoms with Crippen LogP contribution in [0.2, 0.25) is 0 Å². The Labute approximate surface area is 82.5 Å². The van der Waals surface area contributed by atoms with Gasteiger partial charge in [0, 0.05) is 0 Å². The second-order valence-corrected chi connectivity index (χ2v) is 2.53. The van der Waals surface area contributed by atoms with Crippen molar-refractivity contribution in [2.45, 2.75) is 6.61 Å². The Bertz CT molecular complexity index is 390. The van der Waals surface area contributed by atoms with Crippen LogP contribution in [0.1, 0.15) is 20.7 Å². The normalized spacial score (nSPS) is 10.1. The smallest absolute Gasteiger partial charge is 0.387 e. The Hall–Kier alpha value is -1.85. The van der Waals surface area contributed by atoms with E-state index >= 15 is 0 Å². The molecular weight excluding hydrogens is 213 g/mol. The van der Waals surface area contributed by atoms with Gasteiger partial charge < -0.3 is 4.74 Å². The molecule has 0 radical (unpaired) electrons. The molecule has 1 rings (SSSR count). The first-order valence-electron chi connectivity index (χ1n) is 3.77. The average Bonchev–Trinajstić information content (AvgIpc) is 2.19. The highest BCUT2D eigenvalue weighted by Crippen LogP contribution is 2.22. The van der Waals surface area contributed by atoms with Crippen LogP contribution >= 0.6 is 0 Å². The van der Waals surface area contributed by atoms with Crippen LogP contribution in [-0.4, -0.2) is 19.2 Å². The van der Waals surface area contributed by atoms with Crippen molar-refractivity contribution in [3.05, 3.63) is 29.1 Å². The van der Waals surface area contributed by atoms with Gasteiger partial charge in [-0.1, -0.05) is 0 Å². The number of aldehydes is 2. The number of hydrogen-bond acceptors (Lipinski definition) is 3. The van der Waals surface area contributed by atoms with Crippen molar-refractivity contribution in [3.63, 3.8) is 0 Å². The van der Waals surface area contributed by atoms with Crippen molar-refractivity contribution in [1.82, 2.24) is 0 Å². The van der Waals surface area contributed by atoms with Crippen molar-refractivity contribution in [2.24, 2.45) is 0 Å². The summed E-state index contributed by atoms with van der Waals surface area (Å²) in [6.45, 7) is -3.14. The van der Waals surface area contributed by atoms with Crippen LogP contribution < -0.4 is 4.74 Å². The number of alkyl halides is 2. The monoisotopic (exact) mass is 218 g/mol. The predicted octanol–water partition coefficient (Wildman–Crippen LogP) is 2.05. The molecule has 0 aliphatic rings. The summed E-state index contributed by atoms with van der Waals surface area (Å²) < 4.78 is 40.6. The summed E-state index contributed by atoms with van der Waals surface area (Å²) in [4.78, 5) is 20.7. The zero-order chi connectivity index (χ0) is 11.4. The first-order valence-corrected chi connectivity index (χ1v) is 3.77. The van der Waals surface area contributed by atoms with Crippen LogP contribution in [0.3, 0.4) is 0 Å². The minimum absolute atomic E-state index is 0.141. The lowest BCUT2D eigenvalue weighted by atomic mass is 10.1. The second kappa shape index (κ2) is 4.59. The molecule has 0 saturated carbocycles. The number of halogens is 3. The molecule has 0 bridgehead atoms. The van der Waals surface area contributed by atoms with E-state index in [0.29, 0.717) is 6.07 Å². The highest BCUT2D eigenvalue weighted by molar-refractivity contribution is 5.84. The van der Waals surface area contributed by atoms with Crippen molar-refractivity contribution in [1.29, 1.82) is 0 Å². The van der Waals surface area contributed by atoms with E-state index in [-0.39, 0.29) is 18.1 Å². The predicted molar refractivity (Wildman–Crippen MR) is 43.8 cm³/mol. The molecule has 0 saturated heterocycles. The van der Waals surface area contributed by atoms with E-state index < -0.39 is 23.7 Å². The molecule has 0 aromatic heterocycles. The van der Waals surface area contributed by atoms with Crippen LogP contribution in [0.5, 0.6) is 5.75 Å². The van der Waals surface area contributed by atoms with Gasteiger partial charge in [0.15, 0.2) is 12.6 Å². The molecule has 0 amide bonds. The number of hydrogen-bond donors (Lipinski definition) is 0. The van der Waals surface area contributed by atoms with Gasteiger partial charge in [0.25, 0.3) is 0 Å². The van der Waals surface area contributed by atoms with E-state index in [1.54, 1.807) is 0 Å². The first-order chi connectivity index (χ1) is 7.08. The van der Waals surface area contributed by atoms with Gasteiger partial charge in [0.1, 0.15) is 11.6 Å². The Morgan fingerprint density at radius 1 is 1.13 bits per heavy atom. The Morgan fingerprint density at radius 2 is 1.73 bits per heavy atom. The fourth-order valence-corrected chi connectivity index (χ4v) is 0.965. The lowest BCUT2D eigenvalue weighted by molar-refractivity contribution is -0.0501. The highest BCUT2D eigenvalue weighted by atomic mass is 19.3. The molecule has 80 valence electrons. The molecule has 0 unspecified atom stereocenters. The molecule has 0 N–H and O–H groups in total. The molecule has 1 aromatic carbocycles. The van der Waals surface area contributed by atoms with Gasteiger partial charge in [-0.25, -0.2) is 4.39 Å². The SMILES string of the molecule is O=Cc1cc(OC(F)F)c(C=O)cc1F. The Morgan fingerprint density at radius 3 is 2.20 bits per heavy atom. The summed E-state index contributed by atoms with van der Waals surface area (Å²) in [5.74, 6) is -1.49. The summed E-state index contributed by atoms with van der Waals surface area (Å²) in [7, 11) is 0. The molecule has 0 spiro atoms. The van der Waals surface area contributed by atoms with Crippen molar-refractivity contribution < 1.29 is 27.5 Å². The summed E-state index contributed by atoms with van der Waals surface area (Å²) >= 11 is 0. The maximum absolute atomic E-state index is 12.9. The van der Waals surface area contributed by atoms with Crippen molar-refractivity contribution >= 4 is 12.6 Å². The van der Waals surface area contributed by atoms with E-state index in [1.807, 2.05) is 0 Å². The molecule has 0 aliphatic heterocycles. The number of carbonyl (C=O) groups is 2. The van der Waals surface area contributed by atoms with E-state index in [1.165, 1.54) is 0 Å². The lowest BCUT2D eigenvalue weighted by Gasteiger charge is -2.07. The molecule has 15 heavy (non-hydrogen) atoms.